The molecule has 16 heavy (non-hydrogen) atoms. The van der Waals surface area contributed by atoms with Gasteiger partial charge in [-0.05, 0) is 13.8 Å². The summed E-state index contributed by atoms with van der Waals surface area (Å²) in [5.41, 5.74) is 0. The van der Waals surface area contributed by atoms with Gasteiger partial charge in [0.15, 0.2) is 0 Å². The quantitative estimate of drug-likeness (QED) is 0.643. The number of morpholine rings is 1. The van der Waals surface area contributed by atoms with Gasteiger partial charge >= 0.3 is 0 Å². The molecule has 2 aliphatic heterocycles. The minimum Gasteiger partial charge on any atom is -0.394 e. The zero-order valence-electron chi connectivity index (χ0n) is 10.0. The maximum atomic E-state index is 9.84. The minimum absolute atomic E-state index is 0.0276. The van der Waals surface area contributed by atoms with Crippen molar-refractivity contribution < 1.29 is 14.9 Å². The molecule has 2 aliphatic rings. The van der Waals surface area contributed by atoms with E-state index in [1.54, 1.807) is 0 Å². The van der Waals surface area contributed by atoms with E-state index >= 15 is 0 Å². The lowest BCUT2D eigenvalue weighted by atomic mass is 10.0. The summed E-state index contributed by atoms with van der Waals surface area (Å²) in [6.45, 7) is 7.36. The lowest BCUT2D eigenvalue weighted by Crippen LogP contribution is -2.66. The van der Waals surface area contributed by atoms with Crippen LogP contribution in [0.1, 0.15) is 13.8 Å². The summed E-state index contributed by atoms with van der Waals surface area (Å²) < 4.78 is 5.47. The number of piperazine rings is 1. The molecule has 0 radical (unpaired) electrons. The van der Waals surface area contributed by atoms with Gasteiger partial charge in [-0.25, -0.2) is 0 Å². The zero-order chi connectivity index (χ0) is 11.7. The molecule has 0 spiro atoms. The van der Waals surface area contributed by atoms with Gasteiger partial charge in [-0.3, -0.25) is 9.80 Å². The molecule has 2 heterocycles. The van der Waals surface area contributed by atoms with E-state index in [1.807, 2.05) is 0 Å². The number of fused-ring (bicyclic) bond motifs is 1. The number of rotatable bonds is 2. The number of hydrogen-bond donors (Lipinski definition) is 2. The Morgan fingerprint density at radius 2 is 2.12 bits per heavy atom. The summed E-state index contributed by atoms with van der Waals surface area (Å²) in [7, 11) is 0. The van der Waals surface area contributed by atoms with Gasteiger partial charge in [-0.1, -0.05) is 0 Å². The zero-order valence-corrected chi connectivity index (χ0v) is 10.0. The largest absolute Gasteiger partial charge is 0.394 e. The van der Waals surface area contributed by atoms with Crippen LogP contribution in [-0.2, 0) is 4.74 Å². The number of hydrogen-bond acceptors (Lipinski definition) is 5. The third kappa shape index (κ3) is 2.24. The van der Waals surface area contributed by atoms with Crippen molar-refractivity contribution in [2.24, 2.45) is 0 Å². The van der Waals surface area contributed by atoms with E-state index in [1.165, 1.54) is 0 Å². The van der Waals surface area contributed by atoms with Crippen molar-refractivity contribution in [1.29, 1.82) is 0 Å². The molecule has 5 nitrogen and oxygen atoms in total. The van der Waals surface area contributed by atoms with Crippen LogP contribution in [0.25, 0.3) is 0 Å². The average Bonchev–Trinajstić information content (AvgIpc) is 2.29. The monoisotopic (exact) mass is 230 g/mol. The Labute approximate surface area is 96.6 Å². The first-order valence-electron chi connectivity index (χ1n) is 6.03. The van der Waals surface area contributed by atoms with Gasteiger partial charge in [-0.2, -0.15) is 0 Å². The molecule has 0 amide bonds. The predicted molar refractivity (Wildman–Crippen MR) is 60.0 cm³/mol. The third-order valence-electron chi connectivity index (χ3n) is 3.67. The molecule has 94 valence electrons. The van der Waals surface area contributed by atoms with Crippen LogP contribution in [-0.4, -0.2) is 77.3 Å². The highest BCUT2D eigenvalue weighted by Crippen LogP contribution is 2.23. The smallest absolute Gasteiger partial charge is 0.131 e. The summed E-state index contributed by atoms with van der Waals surface area (Å²) in [5.74, 6) is 0. The number of aliphatic hydroxyl groups is 2. The second-order valence-electron chi connectivity index (χ2n) is 4.93. The van der Waals surface area contributed by atoms with Gasteiger partial charge in [0.1, 0.15) is 6.23 Å². The van der Waals surface area contributed by atoms with Crippen LogP contribution in [0.5, 0.6) is 0 Å². The fourth-order valence-corrected chi connectivity index (χ4v) is 2.61. The average molecular weight is 230 g/mol. The van der Waals surface area contributed by atoms with E-state index in [9.17, 15) is 10.2 Å². The van der Waals surface area contributed by atoms with Crippen LogP contribution in [0.4, 0.5) is 0 Å². The molecule has 0 aromatic heterocycles. The van der Waals surface area contributed by atoms with Crippen molar-refractivity contribution in [3.63, 3.8) is 0 Å². The Bertz CT molecular complexity index is 237. The summed E-state index contributed by atoms with van der Waals surface area (Å²) in [4.78, 5) is 4.43. The van der Waals surface area contributed by atoms with E-state index in [2.05, 4.69) is 23.6 Å². The molecule has 2 rings (SSSR count). The Morgan fingerprint density at radius 1 is 1.38 bits per heavy atom. The van der Waals surface area contributed by atoms with Gasteiger partial charge < -0.3 is 14.9 Å². The molecular weight excluding hydrogens is 208 g/mol. The van der Waals surface area contributed by atoms with Gasteiger partial charge in [-0.15, -0.1) is 0 Å². The second kappa shape index (κ2) is 4.98. The van der Waals surface area contributed by atoms with Crippen molar-refractivity contribution in [3.05, 3.63) is 0 Å². The van der Waals surface area contributed by atoms with Crippen molar-refractivity contribution in [1.82, 2.24) is 9.80 Å². The van der Waals surface area contributed by atoms with Crippen molar-refractivity contribution >= 4 is 0 Å². The minimum atomic E-state index is -0.512. The van der Waals surface area contributed by atoms with Crippen LogP contribution in [0, 0.1) is 0 Å². The standard InChI is InChI=1S/C11H22N2O3/c1-8(2)12-3-4-13-9(5-12)10(6-14)16-7-11(13)15/h8-11,14-15H,3-7H2,1-2H3/t9-,10-,11?/m1/s1. The first kappa shape index (κ1) is 12.3. The fraction of sp³-hybridized carbons (Fsp3) is 1.00. The van der Waals surface area contributed by atoms with Crippen LogP contribution in [0.2, 0.25) is 0 Å². The molecule has 0 bridgehead atoms. The Hall–Kier alpha value is -0.200. The molecule has 2 N–H and O–H groups in total. The SMILES string of the molecule is CC(C)N1CCN2C(O)CO[C@H](CO)[C@H]2C1. The summed E-state index contributed by atoms with van der Waals surface area (Å²) in [6.07, 6.45) is -0.674. The van der Waals surface area contributed by atoms with E-state index in [0.29, 0.717) is 12.6 Å². The Balaban J connectivity index is 2.05. The normalized spacial score (nSPS) is 37.7. The van der Waals surface area contributed by atoms with Crippen molar-refractivity contribution in [2.45, 2.75) is 38.3 Å². The topological polar surface area (TPSA) is 56.2 Å². The Kier molecular flexibility index (Phi) is 3.81. The molecule has 0 aromatic carbocycles. The fourth-order valence-electron chi connectivity index (χ4n) is 2.61. The van der Waals surface area contributed by atoms with Crippen LogP contribution in [0.15, 0.2) is 0 Å². The molecule has 1 unspecified atom stereocenters. The molecule has 5 heteroatoms. The molecule has 3 atom stereocenters. The highest BCUT2D eigenvalue weighted by Gasteiger charge is 2.40. The van der Waals surface area contributed by atoms with Crippen molar-refractivity contribution in [3.8, 4) is 0 Å². The lowest BCUT2D eigenvalue weighted by molar-refractivity contribution is -0.197. The predicted octanol–water partition coefficient (Wildman–Crippen LogP) is -0.909. The maximum Gasteiger partial charge on any atom is 0.131 e. The van der Waals surface area contributed by atoms with Gasteiger partial charge in [0, 0.05) is 25.7 Å². The summed E-state index contributed by atoms with van der Waals surface area (Å²) in [6, 6.07) is 0.616. The molecule has 2 saturated heterocycles. The van der Waals surface area contributed by atoms with E-state index in [0.717, 1.165) is 19.6 Å². The first-order valence-corrected chi connectivity index (χ1v) is 6.03. The van der Waals surface area contributed by atoms with Crippen LogP contribution in [0.3, 0.4) is 0 Å². The highest BCUT2D eigenvalue weighted by molar-refractivity contribution is 4.92. The highest BCUT2D eigenvalue weighted by atomic mass is 16.5. The molecule has 2 fully saturated rings. The lowest BCUT2D eigenvalue weighted by Gasteiger charge is -2.50. The molecule has 0 aromatic rings. The van der Waals surface area contributed by atoms with Gasteiger partial charge in [0.2, 0.25) is 0 Å². The van der Waals surface area contributed by atoms with E-state index in [4.69, 9.17) is 4.74 Å². The van der Waals surface area contributed by atoms with Crippen LogP contribution >= 0.6 is 0 Å². The first-order chi connectivity index (χ1) is 7.63. The summed E-state index contributed by atoms with van der Waals surface area (Å²) in [5, 5.41) is 19.1. The number of aliphatic hydroxyl groups excluding tert-OH is 2. The van der Waals surface area contributed by atoms with Gasteiger partial charge in [0.25, 0.3) is 0 Å². The number of nitrogens with zero attached hydrogens (tertiary/aromatic N) is 2. The van der Waals surface area contributed by atoms with E-state index in [-0.39, 0.29) is 18.8 Å². The maximum absolute atomic E-state index is 9.84. The Morgan fingerprint density at radius 3 is 2.75 bits per heavy atom. The summed E-state index contributed by atoms with van der Waals surface area (Å²) >= 11 is 0. The molecule has 0 aliphatic carbocycles. The van der Waals surface area contributed by atoms with Gasteiger partial charge in [0.05, 0.1) is 25.4 Å². The third-order valence-corrected chi connectivity index (χ3v) is 3.67. The number of ether oxygens (including phenoxy) is 1. The molecule has 0 saturated carbocycles. The van der Waals surface area contributed by atoms with Crippen molar-refractivity contribution in [2.75, 3.05) is 32.8 Å². The van der Waals surface area contributed by atoms with E-state index < -0.39 is 6.23 Å². The molecular formula is C11H22N2O3. The second-order valence-corrected chi connectivity index (χ2v) is 4.93. The van der Waals surface area contributed by atoms with Crippen LogP contribution < -0.4 is 0 Å².